The molecule has 1 saturated heterocycles. The first kappa shape index (κ1) is 15.0. The highest BCUT2D eigenvalue weighted by molar-refractivity contribution is 7.15. The fourth-order valence-corrected chi connectivity index (χ4v) is 3.21. The molecule has 6 heteroatoms. The van der Waals surface area contributed by atoms with E-state index in [0.29, 0.717) is 11.4 Å². The van der Waals surface area contributed by atoms with Crippen LogP contribution in [0.5, 0.6) is 5.88 Å². The third-order valence-electron chi connectivity index (χ3n) is 3.72. The number of piperazine rings is 1. The average Bonchev–Trinajstić information content (AvgIpc) is 2.90. The summed E-state index contributed by atoms with van der Waals surface area (Å²) in [5, 5.41) is 0.932. The van der Waals surface area contributed by atoms with Crippen LogP contribution in [0.2, 0.25) is 0 Å². The molecule has 1 fully saturated rings. The molecule has 116 valence electrons. The number of carbonyl (C=O) groups is 1. The minimum absolute atomic E-state index is 0.362. The summed E-state index contributed by atoms with van der Waals surface area (Å²) in [7, 11) is 2.12. The lowest BCUT2D eigenvalue weighted by molar-refractivity contribution is 0.0727. The van der Waals surface area contributed by atoms with Gasteiger partial charge in [-0.1, -0.05) is 29.5 Å². The lowest BCUT2D eigenvalue weighted by atomic mass is 10.2. The van der Waals surface area contributed by atoms with E-state index >= 15 is 0 Å². The van der Waals surface area contributed by atoms with Crippen LogP contribution in [0, 0.1) is 6.92 Å². The van der Waals surface area contributed by atoms with E-state index in [1.807, 2.05) is 25.1 Å². The number of anilines is 1. The van der Waals surface area contributed by atoms with E-state index < -0.39 is 0 Å². The molecule has 1 aromatic heterocycles. The highest BCUT2D eigenvalue weighted by Gasteiger charge is 2.20. The van der Waals surface area contributed by atoms with E-state index in [0.717, 1.165) is 36.2 Å². The van der Waals surface area contributed by atoms with E-state index in [4.69, 9.17) is 4.74 Å². The number of hydrogen-bond acceptors (Lipinski definition) is 6. The number of hydrogen-bond donors (Lipinski definition) is 0. The lowest BCUT2D eigenvalue weighted by Crippen LogP contribution is -2.44. The molecule has 1 aliphatic rings. The van der Waals surface area contributed by atoms with Gasteiger partial charge in [-0.15, -0.1) is 0 Å². The number of likely N-dealkylation sites (N-methyl/N-ethyl adjacent to an activating group) is 1. The maximum Gasteiger partial charge on any atom is 0.344 e. The number of thiazole rings is 1. The Labute approximate surface area is 134 Å². The molecule has 0 unspecified atom stereocenters. The van der Waals surface area contributed by atoms with Gasteiger partial charge in [-0.25, -0.2) is 4.79 Å². The van der Waals surface area contributed by atoms with Gasteiger partial charge in [-0.05, 0) is 26.1 Å². The Balaban J connectivity index is 1.71. The topological polar surface area (TPSA) is 45.7 Å². The maximum atomic E-state index is 12.1. The number of aromatic nitrogens is 1. The Hall–Kier alpha value is -1.92. The second kappa shape index (κ2) is 6.46. The molecule has 0 amide bonds. The number of rotatable bonds is 3. The Morgan fingerprint density at radius 1 is 1.18 bits per heavy atom. The van der Waals surface area contributed by atoms with Crippen molar-refractivity contribution in [1.82, 2.24) is 9.88 Å². The van der Waals surface area contributed by atoms with Crippen LogP contribution >= 0.6 is 11.3 Å². The lowest BCUT2D eigenvalue weighted by Gasteiger charge is -2.31. The van der Waals surface area contributed by atoms with Crippen LogP contribution in [-0.4, -0.2) is 49.1 Å². The molecule has 2 aromatic rings. The summed E-state index contributed by atoms with van der Waals surface area (Å²) >= 11 is 1.58. The average molecular weight is 317 g/mol. The van der Waals surface area contributed by atoms with E-state index in [2.05, 4.69) is 21.8 Å². The Morgan fingerprint density at radius 2 is 1.86 bits per heavy atom. The summed E-state index contributed by atoms with van der Waals surface area (Å²) in [6.07, 6.45) is 0. The molecule has 2 heterocycles. The van der Waals surface area contributed by atoms with Crippen molar-refractivity contribution < 1.29 is 9.53 Å². The predicted octanol–water partition coefficient (Wildman–Crippen LogP) is 2.42. The minimum atomic E-state index is -0.362. The van der Waals surface area contributed by atoms with E-state index in [9.17, 15) is 4.79 Å². The molecule has 1 aliphatic heterocycles. The van der Waals surface area contributed by atoms with Crippen LogP contribution in [-0.2, 0) is 0 Å². The zero-order valence-electron chi connectivity index (χ0n) is 12.8. The minimum Gasteiger partial charge on any atom is -0.403 e. The van der Waals surface area contributed by atoms with Gasteiger partial charge in [-0.2, -0.15) is 4.98 Å². The SMILES string of the molecule is Cc1sc(N2CCN(C)CC2)nc1OC(=O)c1ccccc1. The van der Waals surface area contributed by atoms with Crippen LogP contribution in [0.4, 0.5) is 5.13 Å². The first-order valence-electron chi connectivity index (χ1n) is 7.31. The zero-order chi connectivity index (χ0) is 15.5. The first-order chi connectivity index (χ1) is 10.6. The summed E-state index contributed by atoms with van der Waals surface area (Å²) in [5.74, 6) is 0.0618. The van der Waals surface area contributed by atoms with Gasteiger partial charge in [0.1, 0.15) is 0 Å². The normalized spacial score (nSPS) is 15.8. The third-order valence-corrected chi connectivity index (χ3v) is 4.73. The van der Waals surface area contributed by atoms with Crippen LogP contribution < -0.4 is 9.64 Å². The second-order valence-electron chi connectivity index (χ2n) is 5.40. The fourth-order valence-electron chi connectivity index (χ4n) is 2.32. The van der Waals surface area contributed by atoms with Gasteiger partial charge in [0.15, 0.2) is 5.13 Å². The molecule has 1 aromatic carbocycles. The predicted molar refractivity (Wildman–Crippen MR) is 88.0 cm³/mol. The quantitative estimate of drug-likeness (QED) is 0.814. The Bertz CT molecular complexity index is 649. The number of aryl methyl sites for hydroxylation is 1. The highest BCUT2D eigenvalue weighted by Crippen LogP contribution is 2.31. The largest absolute Gasteiger partial charge is 0.403 e. The Morgan fingerprint density at radius 3 is 2.55 bits per heavy atom. The van der Waals surface area contributed by atoms with E-state index in [1.54, 1.807) is 23.5 Å². The van der Waals surface area contributed by atoms with Crippen LogP contribution in [0.15, 0.2) is 30.3 Å². The van der Waals surface area contributed by atoms with Gasteiger partial charge < -0.3 is 14.5 Å². The van der Waals surface area contributed by atoms with Gasteiger partial charge >= 0.3 is 5.97 Å². The summed E-state index contributed by atoms with van der Waals surface area (Å²) in [4.78, 5) is 22.1. The molecule has 0 N–H and O–H groups in total. The molecule has 0 spiro atoms. The van der Waals surface area contributed by atoms with Crippen LogP contribution in [0.1, 0.15) is 15.2 Å². The third kappa shape index (κ3) is 3.28. The number of esters is 1. The monoisotopic (exact) mass is 317 g/mol. The number of carbonyl (C=O) groups excluding carboxylic acids is 1. The standard InChI is InChI=1S/C16H19N3O2S/c1-12-14(21-15(20)13-6-4-3-5-7-13)17-16(22-12)19-10-8-18(2)9-11-19/h3-7H,8-11H2,1-2H3. The van der Waals surface area contributed by atoms with Crippen molar-refractivity contribution in [2.45, 2.75) is 6.92 Å². The van der Waals surface area contributed by atoms with Gasteiger partial charge in [0.25, 0.3) is 0 Å². The smallest absolute Gasteiger partial charge is 0.344 e. The van der Waals surface area contributed by atoms with Gasteiger partial charge in [-0.3, -0.25) is 0 Å². The molecule has 0 atom stereocenters. The number of benzene rings is 1. The van der Waals surface area contributed by atoms with Crippen molar-refractivity contribution in [2.24, 2.45) is 0 Å². The van der Waals surface area contributed by atoms with Crippen molar-refractivity contribution >= 4 is 22.4 Å². The first-order valence-corrected chi connectivity index (χ1v) is 8.13. The summed E-state index contributed by atoms with van der Waals surface area (Å²) in [6.45, 7) is 5.89. The zero-order valence-corrected chi connectivity index (χ0v) is 13.6. The molecule has 0 aliphatic carbocycles. The Kier molecular flexibility index (Phi) is 4.40. The van der Waals surface area contributed by atoms with Crippen molar-refractivity contribution in [3.8, 4) is 5.88 Å². The second-order valence-corrected chi connectivity index (χ2v) is 6.59. The van der Waals surface area contributed by atoms with Gasteiger partial charge in [0, 0.05) is 26.2 Å². The molecule has 0 bridgehead atoms. The van der Waals surface area contributed by atoms with Gasteiger partial charge in [0.05, 0.1) is 10.4 Å². The molecular weight excluding hydrogens is 298 g/mol. The summed E-state index contributed by atoms with van der Waals surface area (Å²) < 4.78 is 5.45. The summed E-state index contributed by atoms with van der Waals surface area (Å²) in [6, 6.07) is 8.99. The highest BCUT2D eigenvalue weighted by atomic mass is 32.1. The molecule has 22 heavy (non-hydrogen) atoms. The number of nitrogens with zero attached hydrogens (tertiary/aromatic N) is 3. The maximum absolute atomic E-state index is 12.1. The van der Waals surface area contributed by atoms with Crippen molar-refractivity contribution in [3.05, 3.63) is 40.8 Å². The molecule has 0 radical (unpaired) electrons. The number of ether oxygens (including phenoxy) is 1. The van der Waals surface area contributed by atoms with Crippen LogP contribution in [0.3, 0.4) is 0 Å². The van der Waals surface area contributed by atoms with Crippen molar-refractivity contribution in [1.29, 1.82) is 0 Å². The van der Waals surface area contributed by atoms with Crippen molar-refractivity contribution in [2.75, 3.05) is 38.1 Å². The van der Waals surface area contributed by atoms with E-state index in [-0.39, 0.29) is 5.97 Å². The van der Waals surface area contributed by atoms with Gasteiger partial charge in [0.2, 0.25) is 5.88 Å². The molecule has 0 saturated carbocycles. The van der Waals surface area contributed by atoms with E-state index in [1.165, 1.54) is 0 Å². The van der Waals surface area contributed by atoms with Crippen LogP contribution in [0.25, 0.3) is 0 Å². The molecular formula is C16H19N3O2S. The van der Waals surface area contributed by atoms with Crippen molar-refractivity contribution in [3.63, 3.8) is 0 Å². The fraction of sp³-hybridized carbons (Fsp3) is 0.375. The molecule has 3 rings (SSSR count). The summed E-state index contributed by atoms with van der Waals surface area (Å²) in [5.41, 5.74) is 0.538. The molecule has 5 nitrogen and oxygen atoms in total.